The second kappa shape index (κ2) is 7.02. The van der Waals surface area contributed by atoms with Gasteiger partial charge in [-0.2, -0.15) is 0 Å². The van der Waals surface area contributed by atoms with Gasteiger partial charge in [0.25, 0.3) is 0 Å². The maximum atomic E-state index is 12.2. The van der Waals surface area contributed by atoms with Crippen molar-refractivity contribution in [1.82, 2.24) is 9.97 Å². The van der Waals surface area contributed by atoms with Crippen LogP contribution in [0.25, 0.3) is 11.3 Å². The molecule has 0 bridgehead atoms. The molecule has 0 saturated carbocycles. The fraction of sp³-hybridized carbons (Fsp3) is 0.353. The summed E-state index contributed by atoms with van der Waals surface area (Å²) in [6.45, 7) is 6.08. The smallest absolute Gasteiger partial charge is 0.341 e. The molecule has 0 spiro atoms. The highest BCUT2D eigenvalue weighted by molar-refractivity contribution is 5.96. The predicted octanol–water partition coefficient (Wildman–Crippen LogP) is 3.45. The van der Waals surface area contributed by atoms with E-state index in [9.17, 15) is 4.79 Å². The van der Waals surface area contributed by atoms with Gasteiger partial charge in [0.1, 0.15) is 17.1 Å². The molecule has 2 aromatic rings. The van der Waals surface area contributed by atoms with E-state index in [1.807, 2.05) is 38.1 Å². The van der Waals surface area contributed by atoms with Crippen LogP contribution in [0.3, 0.4) is 0 Å². The summed E-state index contributed by atoms with van der Waals surface area (Å²) in [5.41, 5.74) is 1.63. The van der Waals surface area contributed by atoms with Gasteiger partial charge >= 0.3 is 5.97 Å². The van der Waals surface area contributed by atoms with Crippen molar-refractivity contribution < 1.29 is 14.3 Å². The molecular weight excluding hydrogens is 280 g/mol. The number of para-hydroxylation sites is 1. The van der Waals surface area contributed by atoms with Crippen LogP contribution in [0.4, 0.5) is 0 Å². The number of hydrogen-bond donors (Lipinski definition) is 0. The van der Waals surface area contributed by atoms with E-state index < -0.39 is 5.97 Å². The number of benzene rings is 1. The molecule has 0 radical (unpaired) electrons. The molecule has 0 fully saturated rings. The van der Waals surface area contributed by atoms with Gasteiger partial charge in [0.05, 0.1) is 19.4 Å². The van der Waals surface area contributed by atoms with E-state index in [-0.39, 0.29) is 5.92 Å². The molecule has 1 aromatic carbocycles. The quantitative estimate of drug-likeness (QED) is 0.791. The van der Waals surface area contributed by atoms with E-state index >= 15 is 0 Å². The largest absolute Gasteiger partial charge is 0.496 e. The van der Waals surface area contributed by atoms with Crippen molar-refractivity contribution in [3.05, 3.63) is 41.9 Å². The Bertz CT molecular complexity index is 669. The van der Waals surface area contributed by atoms with Gasteiger partial charge in [-0.1, -0.05) is 26.0 Å². The first-order chi connectivity index (χ1) is 10.6. The van der Waals surface area contributed by atoms with Gasteiger partial charge in [-0.15, -0.1) is 0 Å². The molecule has 1 aromatic heterocycles. The van der Waals surface area contributed by atoms with Gasteiger partial charge in [0.2, 0.25) is 0 Å². The number of rotatable bonds is 5. The zero-order valence-corrected chi connectivity index (χ0v) is 13.3. The number of aromatic nitrogens is 2. The first kappa shape index (κ1) is 15.9. The van der Waals surface area contributed by atoms with Gasteiger partial charge in [-0.05, 0) is 19.1 Å². The molecule has 0 aliphatic carbocycles. The zero-order valence-electron chi connectivity index (χ0n) is 13.3. The van der Waals surface area contributed by atoms with E-state index in [2.05, 4.69) is 9.97 Å². The first-order valence-corrected chi connectivity index (χ1v) is 7.25. The maximum absolute atomic E-state index is 12.2. The Labute approximate surface area is 130 Å². The molecular formula is C17H20N2O3. The minimum atomic E-state index is -0.432. The van der Waals surface area contributed by atoms with Crippen LogP contribution in [0.2, 0.25) is 0 Å². The summed E-state index contributed by atoms with van der Waals surface area (Å²) in [5.74, 6) is 1.05. The van der Waals surface area contributed by atoms with Crippen molar-refractivity contribution in [3.8, 4) is 17.0 Å². The van der Waals surface area contributed by atoms with Crippen LogP contribution in [-0.2, 0) is 4.74 Å². The SMILES string of the molecule is CCOC(=O)c1cnc(C(C)C)nc1-c1ccccc1OC. The third-order valence-electron chi connectivity index (χ3n) is 3.18. The van der Waals surface area contributed by atoms with Crippen molar-refractivity contribution in [2.75, 3.05) is 13.7 Å². The van der Waals surface area contributed by atoms with Crippen molar-refractivity contribution >= 4 is 5.97 Å². The van der Waals surface area contributed by atoms with Crippen molar-refractivity contribution in [1.29, 1.82) is 0 Å². The highest BCUT2D eigenvalue weighted by Gasteiger charge is 2.20. The van der Waals surface area contributed by atoms with Gasteiger partial charge in [0.15, 0.2) is 0 Å². The van der Waals surface area contributed by atoms with Crippen LogP contribution in [0.15, 0.2) is 30.5 Å². The molecule has 0 saturated heterocycles. The van der Waals surface area contributed by atoms with E-state index in [1.54, 1.807) is 14.0 Å². The average molecular weight is 300 g/mol. The normalized spacial score (nSPS) is 10.6. The van der Waals surface area contributed by atoms with Crippen LogP contribution < -0.4 is 4.74 Å². The molecule has 0 aliphatic rings. The fourth-order valence-corrected chi connectivity index (χ4v) is 2.08. The highest BCUT2D eigenvalue weighted by Crippen LogP contribution is 2.31. The lowest BCUT2D eigenvalue weighted by Crippen LogP contribution is -2.11. The molecule has 5 nitrogen and oxygen atoms in total. The topological polar surface area (TPSA) is 61.3 Å². The van der Waals surface area contributed by atoms with Gasteiger partial charge < -0.3 is 9.47 Å². The summed E-state index contributed by atoms with van der Waals surface area (Å²) in [4.78, 5) is 21.0. The number of carbonyl (C=O) groups is 1. The monoisotopic (exact) mass is 300 g/mol. The predicted molar refractivity (Wildman–Crippen MR) is 84.1 cm³/mol. The Balaban J connectivity index is 2.64. The summed E-state index contributed by atoms with van der Waals surface area (Å²) in [7, 11) is 1.59. The molecule has 2 rings (SSSR count). The Kier molecular flexibility index (Phi) is 5.09. The Morgan fingerprint density at radius 1 is 1.27 bits per heavy atom. The molecule has 0 atom stereocenters. The zero-order chi connectivity index (χ0) is 16.1. The average Bonchev–Trinajstić information content (AvgIpc) is 2.54. The lowest BCUT2D eigenvalue weighted by atomic mass is 10.0. The number of methoxy groups -OCH3 is 1. The number of nitrogens with zero attached hydrogens (tertiary/aromatic N) is 2. The van der Waals surface area contributed by atoms with Crippen LogP contribution >= 0.6 is 0 Å². The first-order valence-electron chi connectivity index (χ1n) is 7.25. The van der Waals surface area contributed by atoms with Gasteiger partial charge in [0, 0.05) is 17.7 Å². The summed E-state index contributed by atoms with van der Waals surface area (Å²) >= 11 is 0. The molecule has 5 heteroatoms. The third kappa shape index (κ3) is 3.24. The Morgan fingerprint density at radius 2 is 2.00 bits per heavy atom. The molecule has 116 valence electrons. The van der Waals surface area contributed by atoms with Crippen molar-refractivity contribution in [2.45, 2.75) is 26.7 Å². The van der Waals surface area contributed by atoms with Crippen LogP contribution in [0.1, 0.15) is 42.9 Å². The number of hydrogen-bond acceptors (Lipinski definition) is 5. The van der Waals surface area contributed by atoms with Gasteiger partial charge in [-0.25, -0.2) is 14.8 Å². The number of carbonyl (C=O) groups excluding carboxylic acids is 1. The number of ether oxygens (including phenoxy) is 2. The second-order valence-electron chi connectivity index (χ2n) is 5.07. The standard InChI is InChI=1S/C17H20N2O3/c1-5-22-17(20)13-10-18-16(11(2)3)19-15(13)12-8-6-7-9-14(12)21-4/h6-11H,5H2,1-4H3. The fourth-order valence-electron chi connectivity index (χ4n) is 2.08. The van der Waals surface area contributed by atoms with E-state index in [4.69, 9.17) is 9.47 Å². The molecule has 22 heavy (non-hydrogen) atoms. The second-order valence-corrected chi connectivity index (χ2v) is 5.07. The van der Waals surface area contributed by atoms with Crippen molar-refractivity contribution in [3.63, 3.8) is 0 Å². The molecule has 0 amide bonds. The molecule has 0 aliphatic heterocycles. The Morgan fingerprint density at radius 3 is 2.64 bits per heavy atom. The van der Waals surface area contributed by atoms with E-state index in [0.717, 1.165) is 5.56 Å². The Hall–Kier alpha value is -2.43. The van der Waals surface area contributed by atoms with Crippen LogP contribution in [0.5, 0.6) is 5.75 Å². The summed E-state index contributed by atoms with van der Waals surface area (Å²) in [6, 6.07) is 7.45. The van der Waals surface area contributed by atoms with Crippen LogP contribution in [0, 0.1) is 0 Å². The highest BCUT2D eigenvalue weighted by atomic mass is 16.5. The third-order valence-corrected chi connectivity index (χ3v) is 3.18. The summed E-state index contributed by atoms with van der Waals surface area (Å²) < 4.78 is 10.5. The minimum Gasteiger partial charge on any atom is -0.496 e. The maximum Gasteiger partial charge on any atom is 0.341 e. The summed E-state index contributed by atoms with van der Waals surface area (Å²) in [6.07, 6.45) is 1.53. The number of esters is 1. The molecule has 1 heterocycles. The van der Waals surface area contributed by atoms with Crippen molar-refractivity contribution in [2.24, 2.45) is 0 Å². The lowest BCUT2D eigenvalue weighted by Gasteiger charge is -2.13. The van der Waals surface area contributed by atoms with Crippen LogP contribution in [-0.4, -0.2) is 29.7 Å². The van der Waals surface area contributed by atoms with E-state index in [0.29, 0.717) is 29.4 Å². The minimum absolute atomic E-state index is 0.157. The van der Waals surface area contributed by atoms with Gasteiger partial charge in [-0.3, -0.25) is 0 Å². The molecule has 0 N–H and O–H groups in total. The molecule has 0 unspecified atom stereocenters. The van der Waals surface area contributed by atoms with E-state index in [1.165, 1.54) is 6.20 Å². The summed E-state index contributed by atoms with van der Waals surface area (Å²) in [5, 5.41) is 0. The lowest BCUT2D eigenvalue weighted by molar-refractivity contribution is 0.0526.